The lowest BCUT2D eigenvalue weighted by molar-refractivity contribution is -0.134. The van der Waals surface area contributed by atoms with Gasteiger partial charge in [-0.2, -0.15) is 0 Å². The van der Waals surface area contributed by atoms with Gasteiger partial charge < -0.3 is 15.4 Å². The minimum absolute atomic E-state index is 0.00496. The van der Waals surface area contributed by atoms with E-state index in [0.717, 1.165) is 12.8 Å². The third kappa shape index (κ3) is 3.48. The first-order valence-corrected chi connectivity index (χ1v) is 7.27. The zero-order valence-electron chi connectivity index (χ0n) is 11.7. The van der Waals surface area contributed by atoms with Gasteiger partial charge in [-0.15, -0.1) is 0 Å². The molecule has 0 radical (unpaired) electrons. The van der Waals surface area contributed by atoms with Gasteiger partial charge in [0.2, 0.25) is 0 Å². The van der Waals surface area contributed by atoms with E-state index in [-0.39, 0.29) is 17.5 Å². The van der Waals surface area contributed by atoms with Gasteiger partial charge in [-0.05, 0) is 25.0 Å². The Morgan fingerprint density at radius 2 is 2.05 bits per heavy atom. The molecule has 4 nitrogen and oxygen atoms in total. The van der Waals surface area contributed by atoms with Crippen LogP contribution in [0, 0.1) is 0 Å². The lowest BCUT2D eigenvalue weighted by Crippen LogP contribution is -2.38. The first kappa shape index (κ1) is 14.8. The third-order valence-electron chi connectivity index (χ3n) is 3.77. The number of hydrogen-bond acceptors (Lipinski definition) is 3. The fraction of sp³-hybridized carbons (Fsp3) is 0.467. The molecule has 5 heteroatoms. The number of likely N-dealkylation sites (N-methyl/N-ethyl adjacent to an activating group) is 1. The molecule has 2 N–H and O–H groups in total. The lowest BCUT2D eigenvalue weighted by Gasteiger charge is -2.24. The minimum atomic E-state index is -0.00496. The molecular formula is C15H20N2O2S. The number of rotatable bonds is 5. The van der Waals surface area contributed by atoms with Gasteiger partial charge in [0.25, 0.3) is 5.91 Å². The van der Waals surface area contributed by atoms with Crippen LogP contribution in [-0.2, 0) is 4.79 Å². The predicted octanol–water partition coefficient (Wildman–Crippen LogP) is 2.10. The smallest absolute Gasteiger partial charge is 0.260 e. The number of carbonyl (C=O) groups is 1. The van der Waals surface area contributed by atoms with E-state index in [2.05, 4.69) is 0 Å². The summed E-state index contributed by atoms with van der Waals surface area (Å²) in [5.74, 6) is 0.558. The van der Waals surface area contributed by atoms with Gasteiger partial charge in [0.15, 0.2) is 6.61 Å². The van der Waals surface area contributed by atoms with Crippen molar-refractivity contribution in [1.29, 1.82) is 0 Å². The molecule has 0 aliphatic heterocycles. The first-order chi connectivity index (χ1) is 9.59. The summed E-state index contributed by atoms with van der Waals surface area (Å²) in [6, 6.07) is 7.60. The van der Waals surface area contributed by atoms with Crippen LogP contribution in [0.5, 0.6) is 5.75 Å². The third-order valence-corrected chi connectivity index (χ3v) is 3.99. The van der Waals surface area contributed by atoms with Crippen molar-refractivity contribution >= 4 is 23.1 Å². The normalized spacial score (nSPS) is 15.1. The molecule has 1 aromatic carbocycles. The molecule has 0 heterocycles. The summed E-state index contributed by atoms with van der Waals surface area (Å²) >= 11 is 4.97. The molecule has 1 aliphatic carbocycles. The largest absolute Gasteiger partial charge is 0.483 e. The van der Waals surface area contributed by atoms with Crippen LogP contribution >= 0.6 is 12.2 Å². The van der Waals surface area contributed by atoms with Crippen molar-refractivity contribution in [3.05, 3.63) is 29.8 Å². The summed E-state index contributed by atoms with van der Waals surface area (Å²) in [6.07, 6.45) is 4.58. The Morgan fingerprint density at radius 1 is 1.40 bits per heavy atom. The quantitative estimate of drug-likeness (QED) is 0.844. The molecule has 1 aliphatic rings. The summed E-state index contributed by atoms with van der Waals surface area (Å²) in [6.45, 7) is 0.0205. The van der Waals surface area contributed by atoms with Crippen molar-refractivity contribution in [2.45, 2.75) is 31.7 Å². The number of hydrogen-bond donors (Lipinski definition) is 1. The van der Waals surface area contributed by atoms with Crippen molar-refractivity contribution in [2.24, 2.45) is 5.73 Å². The molecule has 20 heavy (non-hydrogen) atoms. The molecule has 0 bridgehead atoms. The monoisotopic (exact) mass is 292 g/mol. The highest BCUT2D eigenvalue weighted by Crippen LogP contribution is 2.23. The lowest BCUT2D eigenvalue weighted by atomic mass is 10.2. The number of para-hydroxylation sites is 1. The van der Waals surface area contributed by atoms with Gasteiger partial charge in [-0.1, -0.05) is 37.2 Å². The molecular weight excluding hydrogens is 272 g/mol. The fourth-order valence-corrected chi connectivity index (χ4v) is 2.70. The SMILES string of the molecule is CN(C(=O)COc1ccccc1C(N)=S)C1CCCC1. The summed E-state index contributed by atoms with van der Waals surface area (Å²) < 4.78 is 5.58. The Kier molecular flexibility index (Phi) is 4.95. The molecule has 0 spiro atoms. The average Bonchev–Trinajstić information content (AvgIpc) is 2.98. The van der Waals surface area contributed by atoms with Gasteiger partial charge in [0.1, 0.15) is 10.7 Å². The van der Waals surface area contributed by atoms with E-state index in [0.29, 0.717) is 17.4 Å². The van der Waals surface area contributed by atoms with E-state index in [9.17, 15) is 4.79 Å². The highest BCUT2D eigenvalue weighted by Gasteiger charge is 2.23. The Morgan fingerprint density at radius 3 is 2.70 bits per heavy atom. The van der Waals surface area contributed by atoms with Crippen LogP contribution in [0.3, 0.4) is 0 Å². The van der Waals surface area contributed by atoms with Gasteiger partial charge >= 0.3 is 0 Å². The number of nitrogens with zero attached hydrogens (tertiary/aromatic N) is 1. The summed E-state index contributed by atoms with van der Waals surface area (Å²) in [5.41, 5.74) is 6.30. The van der Waals surface area contributed by atoms with Crippen molar-refractivity contribution in [3.63, 3.8) is 0 Å². The number of thiocarbonyl (C=S) groups is 1. The minimum Gasteiger partial charge on any atom is -0.483 e. The molecule has 0 aromatic heterocycles. The predicted molar refractivity (Wildman–Crippen MR) is 82.9 cm³/mol. The Bertz CT molecular complexity index is 498. The molecule has 108 valence electrons. The second-order valence-electron chi connectivity index (χ2n) is 5.09. The standard InChI is InChI=1S/C15H20N2O2S/c1-17(11-6-2-3-7-11)14(18)10-19-13-9-5-4-8-12(13)15(16)20/h4-5,8-9,11H,2-3,6-7,10H2,1H3,(H2,16,20). The molecule has 1 aromatic rings. The van der Waals surface area contributed by atoms with Gasteiger partial charge in [-0.25, -0.2) is 0 Å². The van der Waals surface area contributed by atoms with Crippen LogP contribution in [0.1, 0.15) is 31.2 Å². The Labute approximate surface area is 124 Å². The maximum atomic E-state index is 12.1. The highest BCUT2D eigenvalue weighted by atomic mass is 32.1. The Balaban J connectivity index is 1.94. The molecule has 2 rings (SSSR count). The number of nitrogens with two attached hydrogens (primary N) is 1. The second-order valence-corrected chi connectivity index (χ2v) is 5.53. The first-order valence-electron chi connectivity index (χ1n) is 6.87. The molecule has 1 saturated carbocycles. The Hall–Kier alpha value is -1.62. The summed E-state index contributed by atoms with van der Waals surface area (Å²) in [4.78, 5) is 14.2. The summed E-state index contributed by atoms with van der Waals surface area (Å²) in [7, 11) is 1.85. The van der Waals surface area contributed by atoms with Crippen LogP contribution in [0.15, 0.2) is 24.3 Å². The van der Waals surface area contributed by atoms with Crippen molar-refractivity contribution in [3.8, 4) is 5.75 Å². The van der Waals surface area contributed by atoms with Gasteiger partial charge in [-0.3, -0.25) is 4.79 Å². The zero-order chi connectivity index (χ0) is 14.5. The van der Waals surface area contributed by atoms with Crippen LogP contribution in [-0.4, -0.2) is 35.5 Å². The second kappa shape index (κ2) is 6.70. The van der Waals surface area contributed by atoms with Crippen molar-refractivity contribution < 1.29 is 9.53 Å². The average molecular weight is 292 g/mol. The topological polar surface area (TPSA) is 55.6 Å². The van der Waals surface area contributed by atoms with E-state index in [1.807, 2.05) is 19.2 Å². The van der Waals surface area contributed by atoms with Crippen molar-refractivity contribution in [1.82, 2.24) is 4.90 Å². The van der Waals surface area contributed by atoms with Crippen LogP contribution < -0.4 is 10.5 Å². The maximum Gasteiger partial charge on any atom is 0.260 e. The number of amides is 1. The van der Waals surface area contributed by atoms with E-state index in [1.54, 1.807) is 17.0 Å². The van der Waals surface area contributed by atoms with Crippen LogP contribution in [0.4, 0.5) is 0 Å². The highest BCUT2D eigenvalue weighted by molar-refractivity contribution is 7.80. The van der Waals surface area contributed by atoms with E-state index in [4.69, 9.17) is 22.7 Å². The number of carbonyl (C=O) groups excluding carboxylic acids is 1. The molecule has 0 atom stereocenters. The van der Waals surface area contributed by atoms with E-state index >= 15 is 0 Å². The van der Waals surface area contributed by atoms with Crippen LogP contribution in [0.2, 0.25) is 0 Å². The molecule has 0 unspecified atom stereocenters. The van der Waals surface area contributed by atoms with E-state index in [1.165, 1.54) is 12.8 Å². The number of benzene rings is 1. The molecule has 0 saturated heterocycles. The van der Waals surface area contributed by atoms with E-state index < -0.39 is 0 Å². The zero-order valence-corrected chi connectivity index (χ0v) is 12.5. The van der Waals surface area contributed by atoms with Gasteiger partial charge in [0.05, 0.1) is 5.56 Å². The maximum absolute atomic E-state index is 12.1. The fourth-order valence-electron chi connectivity index (χ4n) is 2.53. The number of ether oxygens (including phenoxy) is 1. The van der Waals surface area contributed by atoms with Gasteiger partial charge in [0, 0.05) is 13.1 Å². The molecule has 1 amide bonds. The molecule has 1 fully saturated rings. The summed E-state index contributed by atoms with van der Waals surface area (Å²) in [5, 5.41) is 0. The van der Waals surface area contributed by atoms with Crippen LogP contribution in [0.25, 0.3) is 0 Å². The van der Waals surface area contributed by atoms with Crippen molar-refractivity contribution in [2.75, 3.05) is 13.7 Å².